The van der Waals surface area contributed by atoms with E-state index in [0.29, 0.717) is 11.6 Å². The average Bonchev–Trinajstić information content (AvgIpc) is 3.33. The van der Waals surface area contributed by atoms with E-state index in [1.165, 1.54) is 19.1 Å². The van der Waals surface area contributed by atoms with Crippen LogP contribution in [0.5, 0.6) is 0 Å². The summed E-state index contributed by atoms with van der Waals surface area (Å²) < 4.78 is 17.2. The molecule has 2 N–H and O–H groups in total. The number of aryl methyl sites for hydroxylation is 1. The molecule has 0 saturated carbocycles. The summed E-state index contributed by atoms with van der Waals surface area (Å²) in [5, 5.41) is 7.48. The average molecular weight is 429 g/mol. The molecule has 0 fully saturated rings. The van der Waals surface area contributed by atoms with Crippen LogP contribution in [0.3, 0.4) is 0 Å². The maximum Gasteiger partial charge on any atom is 0.222 e. The second-order valence-corrected chi connectivity index (χ2v) is 7.48. The van der Waals surface area contributed by atoms with Crippen molar-refractivity contribution >= 4 is 17.8 Å². The van der Waals surface area contributed by atoms with E-state index in [9.17, 15) is 9.18 Å². The molecule has 1 aromatic carbocycles. The van der Waals surface area contributed by atoms with Crippen molar-refractivity contribution in [3.05, 3.63) is 78.3 Å². The first-order valence-electron chi connectivity index (χ1n) is 10.0. The third-order valence-corrected chi connectivity index (χ3v) is 5.22. The van der Waals surface area contributed by atoms with Crippen LogP contribution in [0.4, 0.5) is 10.2 Å². The van der Waals surface area contributed by atoms with Gasteiger partial charge in [0.05, 0.1) is 23.6 Å². The molecule has 9 heteroatoms. The van der Waals surface area contributed by atoms with Gasteiger partial charge >= 0.3 is 0 Å². The Kier molecular flexibility index (Phi) is 4.78. The van der Waals surface area contributed by atoms with Gasteiger partial charge in [0.1, 0.15) is 5.82 Å². The Morgan fingerprint density at radius 2 is 1.88 bits per heavy atom. The fourth-order valence-corrected chi connectivity index (χ4v) is 3.90. The zero-order chi connectivity index (χ0) is 22.2. The highest BCUT2D eigenvalue weighted by molar-refractivity contribution is 5.87. The van der Waals surface area contributed by atoms with E-state index in [2.05, 4.69) is 20.7 Å². The van der Waals surface area contributed by atoms with Crippen LogP contribution in [0.15, 0.2) is 61.1 Å². The molecule has 0 spiro atoms. The Morgan fingerprint density at radius 1 is 1.12 bits per heavy atom. The minimum Gasteiger partial charge on any atom is -0.313 e. The second-order valence-electron chi connectivity index (χ2n) is 7.48. The number of imidazole rings is 1. The number of hydrogen-bond acceptors (Lipinski definition) is 5. The molecule has 0 bridgehead atoms. The number of nitrogens with zero attached hydrogens (tertiary/aromatic N) is 5. The fraction of sp³-hybridized carbons (Fsp3) is 0.130. The molecule has 8 nitrogen and oxygen atoms in total. The number of carbonyl (C=O) groups excluding carboxylic acids is 1. The lowest BCUT2D eigenvalue weighted by Gasteiger charge is -2.23. The van der Waals surface area contributed by atoms with Crippen LogP contribution in [-0.2, 0) is 11.8 Å². The highest BCUT2D eigenvalue weighted by Crippen LogP contribution is 2.38. The van der Waals surface area contributed by atoms with Gasteiger partial charge in [-0.05, 0) is 42.5 Å². The molecule has 3 aromatic heterocycles. The molecular formula is C23H20FN7O. The van der Waals surface area contributed by atoms with Crippen molar-refractivity contribution in [2.75, 3.05) is 10.7 Å². The lowest BCUT2D eigenvalue weighted by molar-refractivity contribution is -0.114. The van der Waals surface area contributed by atoms with Gasteiger partial charge in [-0.15, -0.1) is 0 Å². The first kappa shape index (κ1) is 19.7. The zero-order valence-electron chi connectivity index (χ0n) is 17.5. The molecule has 1 unspecified atom stereocenters. The minimum atomic E-state index is -0.301. The second kappa shape index (κ2) is 7.77. The normalized spacial score (nSPS) is 14.7. The Balaban J connectivity index is 1.63. The Labute approximate surface area is 183 Å². The summed E-state index contributed by atoms with van der Waals surface area (Å²) in [5.41, 5.74) is 7.79. The number of amides is 1. The van der Waals surface area contributed by atoms with E-state index in [0.717, 1.165) is 28.1 Å². The highest BCUT2D eigenvalue weighted by Gasteiger charge is 2.27. The monoisotopic (exact) mass is 429 g/mol. The maximum absolute atomic E-state index is 13.6. The molecule has 0 saturated heterocycles. The lowest BCUT2D eigenvalue weighted by Crippen LogP contribution is -2.23. The predicted octanol–water partition coefficient (Wildman–Crippen LogP) is 3.75. The Bertz CT molecular complexity index is 1320. The van der Waals surface area contributed by atoms with Gasteiger partial charge < -0.3 is 10.7 Å². The van der Waals surface area contributed by atoms with Crippen molar-refractivity contribution in [2.45, 2.75) is 13.0 Å². The smallest absolute Gasteiger partial charge is 0.222 e. The largest absolute Gasteiger partial charge is 0.313 e. The summed E-state index contributed by atoms with van der Waals surface area (Å²) in [7, 11) is 1.89. The molecule has 160 valence electrons. The molecule has 5 rings (SSSR count). The van der Waals surface area contributed by atoms with Crippen LogP contribution in [-0.4, -0.2) is 30.3 Å². The van der Waals surface area contributed by atoms with Gasteiger partial charge in [-0.25, -0.2) is 14.1 Å². The molecule has 1 amide bonds. The van der Waals surface area contributed by atoms with Gasteiger partial charge in [0.2, 0.25) is 5.91 Å². The van der Waals surface area contributed by atoms with Gasteiger partial charge in [0, 0.05) is 43.1 Å². The van der Waals surface area contributed by atoms with Crippen LogP contribution >= 0.6 is 0 Å². The molecule has 4 heterocycles. The van der Waals surface area contributed by atoms with Crippen molar-refractivity contribution in [1.82, 2.24) is 24.4 Å². The first-order chi connectivity index (χ1) is 15.5. The van der Waals surface area contributed by atoms with Crippen molar-refractivity contribution in [3.63, 3.8) is 0 Å². The minimum absolute atomic E-state index is 0.188. The number of benzene rings is 1. The number of nitrogens with one attached hydrogen (secondary N) is 2. The van der Waals surface area contributed by atoms with Crippen molar-refractivity contribution in [2.24, 2.45) is 7.05 Å². The van der Waals surface area contributed by atoms with E-state index in [1.807, 2.05) is 36.0 Å². The van der Waals surface area contributed by atoms with Gasteiger partial charge in [-0.2, -0.15) is 5.10 Å². The van der Waals surface area contributed by atoms with Gasteiger partial charge in [0.25, 0.3) is 0 Å². The quantitative estimate of drug-likeness (QED) is 0.516. The molecule has 32 heavy (non-hydrogen) atoms. The molecule has 0 radical (unpaired) electrons. The third kappa shape index (κ3) is 3.53. The van der Waals surface area contributed by atoms with E-state index >= 15 is 0 Å². The van der Waals surface area contributed by atoms with Gasteiger partial charge in [-0.3, -0.25) is 14.5 Å². The van der Waals surface area contributed by atoms with Crippen molar-refractivity contribution < 1.29 is 9.18 Å². The molecular weight excluding hydrogens is 409 g/mol. The zero-order valence-corrected chi connectivity index (χ0v) is 17.5. The topological polar surface area (TPSA) is 89.7 Å². The molecule has 4 aromatic rings. The van der Waals surface area contributed by atoms with Crippen molar-refractivity contribution in [1.29, 1.82) is 0 Å². The number of anilines is 1. The van der Waals surface area contributed by atoms with Gasteiger partial charge in [-0.1, -0.05) is 6.08 Å². The number of carbonyl (C=O) groups is 1. The van der Waals surface area contributed by atoms with Crippen molar-refractivity contribution in [3.8, 4) is 22.5 Å². The van der Waals surface area contributed by atoms with Crippen LogP contribution < -0.4 is 10.7 Å². The lowest BCUT2D eigenvalue weighted by atomic mass is 9.96. The predicted molar refractivity (Wildman–Crippen MR) is 119 cm³/mol. The SMILES string of the molecule is CC(=O)Nc1cn2c(n1)C=CC(c1c(-c3ccc(F)cc3)nn(C)c1-c1ccncc1)N2. The molecule has 1 aliphatic heterocycles. The summed E-state index contributed by atoms with van der Waals surface area (Å²) in [4.78, 5) is 19.9. The summed E-state index contributed by atoms with van der Waals surface area (Å²) in [6, 6.07) is 9.91. The van der Waals surface area contributed by atoms with Crippen LogP contribution in [0.2, 0.25) is 0 Å². The van der Waals surface area contributed by atoms with Crippen LogP contribution in [0.1, 0.15) is 24.4 Å². The molecule has 1 atom stereocenters. The standard InChI is InChI=1S/C23H20FN7O/c1-14(32)26-19-13-31-20(27-19)8-7-18(28-31)21-22(15-3-5-17(24)6-4-15)29-30(2)23(21)16-9-11-25-12-10-16/h3-13,18,28H,1-2H3,(H,26,32). The number of rotatable bonds is 4. The number of pyridine rings is 1. The fourth-order valence-electron chi connectivity index (χ4n) is 3.90. The summed E-state index contributed by atoms with van der Waals surface area (Å²) in [5.74, 6) is 0.643. The Morgan fingerprint density at radius 3 is 2.59 bits per heavy atom. The number of hydrogen-bond donors (Lipinski definition) is 2. The van der Waals surface area contributed by atoms with Crippen LogP contribution in [0.25, 0.3) is 28.6 Å². The highest BCUT2D eigenvalue weighted by atomic mass is 19.1. The van der Waals surface area contributed by atoms with E-state index in [-0.39, 0.29) is 17.8 Å². The number of fused-ring (bicyclic) bond motifs is 1. The van der Waals surface area contributed by atoms with E-state index < -0.39 is 0 Å². The molecule has 1 aliphatic rings. The molecule has 0 aliphatic carbocycles. The van der Waals surface area contributed by atoms with E-state index in [1.54, 1.807) is 35.4 Å². The van der Waals surface area contributed by atoms with E-state index in [4.69, 9.17) is 5.10 Å². The summed E-state index contributed by atoms with van der Waals surface area (Å²) in [6.45, 7) is 1.44. The van der Waals surface area contributed by atoms with Crippen LogP contribution in [0, 0.1) is 5.82 Å². The van der Waals surface area contributed by atoms with Gasteiger partial charge in [0.15, 0.2) is 11.6 Å². The summed E-state index contributed by atoms with van der Waals surface area (Å²) >= 11 is 0. The number of halogens is 1. The maximum atomic E-state index is 13.6. The third-order valence-electron chi connectivity index (χ3n) is 5.22. The summed E-state index contributed by atoms with van der Waals surface area (Å²) in [6.07, 6.45) is 9.09. The number of aromatic nitrogens is 5. The Hall–Kier alpha value is -4.27. The first-order valence-corrected chi connectivity index (χ1v) is 10.0.